The molecule has 0 atom stereocenters. The lowest BCUT2D eigenvalue weighted by atomic mass is 10.1. The molecule has 1 aliphatic carbocycles. The summed E-state index contributed by atoms with van der Waals surface area (Å²) in [5.41, 5.74) is -0.927. The van der Waals surface area contributed by atoms with Gasteiger partial charge < -0.3 is 14.9 Å². The lowest BCUT2D eigenvalue weighted by molar-refractivity contribution is 0.0687. The molecule has 98 valence electrons. The molecular formula is C12H12F2O4. The number of aromatic carboxylic acids is 1. The van der Waals surface area contributed by atoms with Crippen LogP contribution in [0.4, 0.5) is 8.78 Å². The predicted molar refractivity (Wildman–Crippen MR) is 58.2 cm³/mol. The fourth-order valence-corrected chi connectivity index (χ4v) is 1.57. The van der Waals surface area contributed by atoms with Crippen LogP contribution in [0.25, 0.3) is 0 Å². The molecule has 0 aromatic heterocycles. The van der Waals surface area contributed by atoms with Crippen molar-refractivity contribution in [3.05, 3.63) is 23.3 Å². The number of aromatic hydroxyl groups is 1. The second-order valence-corrected chi connectivity index (χ2v) is 4.27. The van der Waals surface area contributed by atoms with Crippen LogP contribution in [-0.2, 0) is 0 Å². The number of benzene rings is 1. The highest BCUT2D eigenvalue weighted by Gasteiger charge is 2.25. The highest BCUT2D eigenvalue weighted by Crippen LogP contribution is 2.36. The van der Waals surface area contributed by atoms with Crippen LogP contribution in [0, 0.1) is 5.92 Å². The molecule has 0 bridgehead atoms. The molecule has 2 N–H and O–H groups in total. The van der Waals surface area contributed by atoms with E-state index < -0.39 is 29.3 Å². The smallest absolute Gasteiger partial charge is 0.343 e. The van der Waals surface area contributed by atoms with Crippen LogP contribution in [0.1, 0.15) is 35.2 Å². The monoisotopic (exact) mass is 258 g/mol. The largest absolute Gasteiger partial charge is 0.507 e. The van der Waals surface area contributed by atoms with Gasteiger partial charge >= 0.3 is 5.97 Å². The van der Waals surface area contributed by atoms with Crippen molar-refractivity contribution in [1.82, 2.24) is 0 Å². The second kappa shape index (κ2) is 4.80. The number of phenols is 1. The van der Waals surface area contributed by atoms with E-state index in [1.54, 1.807) is 0 Å². The van der Waals surface area contributed by atoms with E-state index in [0.29, 0.717) is 5.92 Å². The number of rotatable bonds is 5. The lowest BCUT2D eigenvalue weighted by Gasteiger charge is -2.12. The van der Waals surface area contributed by atoms with Crippen LogP contribution in [0.5, 0.6) is 11.5 Å². The van der Waals surface area contributed by atoms with Crippen molar-refractivity contribution in [2.75, 3.05) is 6.61 Å². The Labute approximate surface area is 102 Å². The van der Waals surface area contributed by atoms with E-state index in [0.717, 1.165) is 25.0 Å². The van der Waals surface area contributed by atoms with Gasteiger partial charge in [0.2, 0.25) is 0 Å². The van der Waals surface area contributed by atoms with Gasteiger partial charge in [-0.05, 0) is 30.9 Å². The van der Waals surface area contributed by atoms with E-state index in [1.807, 2.05) is 0 Å². The van der Waals surface area contributed by atoms with E-state index >= 15 is 0 Å². The minimum atomic E-state index is -2.79. The van der Waals surface area contributed by atoms with Crippen LogP contribution in [0.15, 0.2) is 12.1 Å². The van der Waals surface area contributed by atoms with E-state index in [9.17, 15) is 18.7 Å². The molecule has 6 heteroatoms. The first-order chi connectivity index (χ1) is 8.49. The number of halogens is 2. The minimum absolute atomic E-state index is 0.204. The van der Waals surface area contributed by atoms with Gasteiger partial charge in [-0.25, -0.2) is 13.6 Å². The third-order valence-electron chi connectivity index (χ3n) is 2.74. The van der Waals surface area contributed by atoms with E-state index in [2.05, 4.69) is 0 Å². The van der Waals surface area contributed by atoms with Crippen molar-refractivity contribution >= 4 is 5.97 Å². The molecule has 1 saturated carbocycles. The standard InChI is InChI=1S/C12H12F2O4/c13-11(14)7-3-8(15)10(12(16)17)9(4-7)18-5-6-1-2-6/h3-4,6,11,15H,1-2,5H2,(H,16,17). The number of carboxylic acid groups (broad SMARTS) is 1. The normalized spacial score (nSPS) is 14.8. The number of carboxylic acids is 1. The summed E-state index contributed by atoms with van der Waals surface area (Å²) in [7, 11) is 0. The molecule has 2 rings (SSSR count). The third kappa shape index (κ3) is 2.69. The van der Waals surface area contributed by atoms with E-state index in [-0.39, 0.29) is 12.4 Å². The van der Waals surface area contributed by atoms with Gasteiger partial charge in [-0.2, -0.15) is 0 Å². The summed E-state index contributed by atoms with van der Waals surface area (Å²) in [4.78, 5) is 11.0. The first-order valence-corrected chi connectivity index (χ1v) is 5.50. The number of hydrogen-bond donors (Lipinski definition) is 2. The molecule has 0 unspecified atom stereocenters. The molecule has 0 heterocycles. The van der Waals surface area contributed by atoms with Crippen molar-refractivity contribution in [2.24, 2.45) is 5.92 Å². The van der Waals surface area contributed by atoms with Gasteiger partial charge in [0, 0.05) is 5.56 Å². The van der Waals surface area contributed by atoms with Gasteiger partial charge in [0.15, 0.2) is 0 Å². The molecule has 0 aliphatic heterocycles. The summed E-state index contributed by atoms with van der Waals surface area (Å²) in [6.45, 7) is 0.284. The zero-order valence-corrected chi connectivity index (χ0v) is 9.40. The molecule has 0 spiro atoms. The Kier molecular flexibility index (Phi) is 3.36. The summed E-state index contributed by atoms with van der Waals surface area (Å²) in [6, 6.07) is 1.72. The van der Waals surface area contributed by atoms with Crippen LogP contribution in [-0.4, -0.2) is 22.8 Å². The topological polar surface area (TPSA) is 66.8 Å². The summed E-state index contributed by atoms with van der Waals surface area (Å²) in [5.74, 6) is -1.96. The van der Waals surface area contributed by atoms with Crippen molar-refractivity contribution in [2.45, 2.75) is 19.3 Å². The zero-order chi connectivity index (χ0) is 13.3. The molecular weight excluding hydrogens is 246 g/mol. The first kappa shape index (κ1) is 12.6. The van der Waals surface area contributed by atoms with Crippen molar-refractivity contribution < 1.29 is 28.5 Å². The third-order valence-corrected chi connectivity index (χ3v) is 2.74. The number of ether oxygens (including phenoxy) is 1. The van der Waals surface area contributed by atoms with Gasteiger partial charge in [-0.3, -0.25) is 0 Å². The predicted octanol–water partition coefficient (Wildman–Crippen LogP) is 2.82. The number of hydrogen-bond acceptors (Lipinski definition) is 3. The van der Waals surface area contributed by atoms with Gasteiger partial charge in [0.1, 0.15) is 17.1 Å². The van der Waals surface area contributed by atoms with Gasteiger partial charge in [0.25, 0.3) is 6.43 Å². The van der Waals surface area contributed by atoms with Crippen LogP contribution in [0.2, 0.25) is 0 Å². The van der Waals surface area contributed by atoms with Crippen LogP contribution in [0.3, 0.4) is 0 Å². The quantitative estimate of drug-likeness (QED) is 0.852. The lowest BCUT2D eigenvalue weighted by Crippen LogP contribution is -2.07. The Hall–Kier alpha value is -1.85. The molecule has 1 aromatic rings. The molecule has 1 aromatic carbocycles. The van der Waals surface area contributed by atoms with E-state index in [1.165, 1.54) is 0 Å². The summed E-state index contributed by atoms with van der Waals surface area (Å²) >= 11 is 0. The minimum Gasteiger partial charge on any atom is -0.507 e. The van der Waals surface area contributed by atoms with Crippen LogP contribution < -0.4 is 4.74 Å². The molecule has 1 aliphatic rings. The van der Waals surface area contributed by atoms with Gasteiger partial charge in [-0.15, -0.1) is 0 Å². The molecule has 0 saturated heterocycles. The maximum Gasteiger partial charge on any atom is 0.343 e. The van der Waals surface area contributed by atoms with Crippen LogP contribution >= 0.6 is 0 Å². The first-order valence-electron chi connectivity index (χ1n) is 5.50. The Morgan fingerprint density at radius 1 is 1.44 bits per heavy atom. The van der Waals surface area contributed by atoms with Crippen molar-refractivity contribution in [3.8, 4) is 11.5 Å². The van der Waals surface area contributed by atoms with Crippen molar-refractivity contribution in [1.29, 1.82) is 0 Å². The molecule has 1 fully saturated rings. The van der Waals surface area contributed by atoms with E-state index in [4.69, 9.17) is 9.84 Å². The van der Waals surface area contributed by atoms with Gasteiger partial charge in [-0.1, -0.05) is 0 Å². The molecule has 4 nitrogen and oxygen atoms in total. The number of carbonyl (C=O) groups is 1. The Bertz CT molecular complexity index is 469. The maximum absolute atomic E-state index is 12.6. The Morgan fingerprint density at radius 3 is 2.61 bits per heavy atom. The fraction of sp³-hybridized carbons (Fsp3) is 0.417. The fourth-order valence-electron chi connectivity index (χ4n) is 1.57. The molecule has 0 amide bonds. The summed E-state index contributed by atoms with van der Waals surface area (Å²) in [5, 5.41) is 18.4. The average Bonchev–Trinajstić information content (AvgIpc) is 3.08. The van der Waals surface area contributed by atoms with Gasteiger partial charge in [0.05, 0.1) is 6.61 Å². The SMILES string of the molecule is O=C(O)c1c(O)cc(C(F)F)cc1OCC1CC1. The highest BCUT2D eigenvalue weighted by atomic mass is 19.3. The molecule has 0 radical (unpaired) electrons. The molecule has 18 heavy (non-hydrogen) atoms. The second-order valence-electron chi connectivity index (χ2n) is 4.27. The average molecular weight is 258 g/mol. The highest BCUT2D eigenvalue weighted by molar-refractivity contribution is 5.94. The zero-order valence-electron chi connectivity index (χ0n) is 9.40. The maximum atomic E-state index is 12.6. The van der Waals surface area contributed by atoms with Crippen molar-refractivity contribution in [3.63, 3.8) is 0 Å². The summed E-state index contributed by atoms with van der Waals surface area (Å²) in [6.07, 6.45) is -0.812. The number of alkyl halides is 2. The Morgan fingerprint density at radius 2 is 2.11 bits per heavy atom. The Balaban J connectivity index is 2.33. The summed E-state index contributed by atoms with van der Waals surface area (Å²) < 4.78 is 30.3.